The molecule has 4 rings (SSSR count). The lowest BCUT2D eigenvalue weighted by atomic mass is 9.88. The first-order valence-electron chi connectivity index (χ1n) is 8.53. The van der Waals surface area contributed by atoms with Crippen molar-refractivity contribution in [1.82, 2.24) is 9.88 Å². The number of pyridine rings is 1. The lowest BCUT2D eigenvalue weighted by Gasteiger charge is -2.17. The Balaban J connectivity index is 2.13. The van der Waals surface area contributed by atoms with Crippen molar-refractivity contribution in [3.05, 3.63) is 52.7 Å². The number of aromatic nitrogens is 1. The van der Waals surface area contributed by atoms with Crippen molar-refractivity contribution in [3.63, 3.8) is 0 Å². The number of carbonyl (C=O) groups is 1. The molecule has 0 aliphatic carbocycles. The molecule has 1 amide bonds. The number of ether oxygens (including phenoxy) is 1. The van der Waals surface area contributed by atoms with Gasteiger partial charge in [0.1, 0.15) is 11.6 Å². The van der Waals surface area contributed by atoms with E-state index < -0.39 is 0 Å². The molecule has 2 N–H and O–H groups in total. The number of carbonyl (C=O) groups excluding carboxylic acids is 1. The highest BCUT2D eigenvalue weighted by Crippen LogP contribution is 2.41. The van der Waals surface area contributed by atoms with Crippen molar-refractivity contribution in [2.24, 2.45) is 0 Å². The molecule has 1 aromatic heterocycles. The van der Waals surface area contributed by atoms with Crippen molar-refractivity contribution in [2.75, 3.05) is 19.9 Å². The van der Waals surface area contributed by atoms with Crippen LogP contribution in [-0.4, -0.2) is 29.9 Å². The number of anilines is 1. The van der Waals surface area contributed by atoms with Crippen molar-refractivity contribution in [2.45, 2.75) is 20.4 Å². The first kappa shape index (κ1) is 16.4. The first-order valence-corrected chi connectivity index (χ1v) is 8.53. The molecule has 0 saturated carbocycles. The highest BCUT2D eigenvalue weighted by molar-refractivity contribution is 6.11. The predicted octanol–water partition coefficient (Wildman–Crippen LogP) is 3.70. The Bertz CT molecular complexity index is 1070. The van der Waals surface area contributed by atoms with Gasteiger partial charge in [0.15, 0.2) is 0 Å². The predicted molar refractivity (Wildman–Crippen MR) is 103 cm³/mol. The van der Waals surface area contributed by atoms with Crippen LogP contribution in [0.5, 0.6) is 5.75 Å². The number of rotatable bonds is 2. The molecule has 5 nitrogen and oxygen atoms in total. The van der Waals surface area contributed by atoms with Gasteiger partial charge >= 0.3 is 0 Å². The second-order valence-electron chi connectivity index (χ2n) is 6.85. The highest BCUT2D eigenvalue weighted by atomic mass is 16.5. The van der Waals surface area contributed by atoms with Crippen molar-refractivity contribution < 1.29 is 9.53 Å². The van der Waals surface area contributed by atoms with E-state index in [0.29, 0.717) is 12.4 Å². The van der Waals surface area contributed by atoms with Crippen LogP contribution < -0.4 is 10.5 Å². The van der Waals surface area contributed by atoms with E-state index in [1.54, 1.807) is 18.2 Å². The van der Waals surface area contributed by atoms with Crippen LogP contribution in [0.1, 0.15) is 27.0 Å². The number of amides is 1. The molecule has 0 unspecified atom stereocenters. The average molecular weight is 347 g/mol. The van der Waals surface area contributed by atoms with Crippen LogP contribution >= 0.6 is 0 Å². The molecule has 3 aromatic rings. The number of nitrogen functional groups attached to an aromatic ring is 1. The van der Waals surface area contributed by atoms with Gasteiger partial charge in [0, 0.05) is 25.2 Å². The van der Waals surface area contributed by atoms with Crippen LogP contribution in [0.4, 0.5) is 5.82 Å². The number of hydrogen-bond donors (Lipinski definition) is 1. The van der Waals surface area contributed by atoms with E-state index >= 15 is 0 Å². The normalized spacial score (nSPS) is 13.4. The van der Waals surface area contributed by atoms with E-state index in [9.17, 15) is 4.79 Å². The SMILES string of the molecule is COc1ccc(C)c(-c2cc3cnc(N)cc3c3c2C(=O)N(C)C3)c1C. The van der Waals surface area contributed by atoms with Crippen LogP contribution in [0.25, 0.3) is 21.9 Å². The van der Waals surface area contributed by atoms with Crippen LogP contribution in [-0.2, 0) is 6.54 Å². The third-order valence-electron chi connectivity index (χ3n) is 5.22. The number of hydrogen-bond acceptors (Lipinski definition) is 4. The van der Waals surface area contributed by atoms with Gasteiger partial charge in [-0.05, 0) is 65.3 Å². The van der Waals surface area contributed by atoms with Gasteiger partial charge in [-0.1, -0.05) is 6.07 Å². The van der Waals surface area contributed by atoms with Gasteiger partial charge in [-0.25, -0.2) is 4.98 Å². The summed E-state index contributed by atoms with van der Waals surface area (Å²) in [5, 5.41) is 1.98. The largest absolute Gasteiger partial charge is 0.496 e. The van der Waals surface area contributed by atoms with Gasteiger partial charge < -0.3 is 15.4 Å². The number of aryl methyl sites for hydroxylation is 1. The molecule has 1 aliphatic heterocycles. The summed E-state index contributed by atoms with van der Waals surface area (Å²) in [6.07, 6.45) is 1.78. The molecule has 0 radical (unpaired) electrons. The zero-order chi connectivity index (χ0) is 18.6. The summed E-state index contributed by atoms with van der Waals surface area (Å²) in [4.78, 5) is 18.9. The summed E-state index contributed by atoms with van der Waals surface area (Å²) in [5.41, 5.74) is 11.8. The van der Waals surface area contributed by atoms with Crippen molar-refractivity contribution in [1.29, 1.82) is 0 Å². The Hall–Kier alpha value is -3.08. The molecule has 132 valence electrons. The third kappa shape index (κ3) is 2.24. The first-order chi connectivity index (χ1) is 12.4. The maximum absolute atomic E-state index is 12.9. The van der Waals surface area contributed by atoms with E-state index in [2.05, 4.69) is 11.9 Å². The number of nitrogens with two attached hydrogens (primary N) is 1. The van der Waals surface area contributed by atoms with Gasteiger partial charge in [-0.15, -0.1) is 0 Å². The molecule has 5 heteroatoms. The van der Waals surface area contributed by atoms with Crippen LogP contribution in [0.3, 0.4) is 0 Å². The second-order valence-corrected chi connectivity index (χ2v) is 6.85. The van der Waals surface area contributed by atoms with Crippen molar-refractivity contribution in [3.8, 4) is 16.9 Å². The van der Waals surface area contributed by atoms with E-state index in [4.69, 9.17) is 10.5 Å². The summed E-state index contributed by atoms with van der Waals surface area (Å²) in [6.45, 7) is 4.66. The lowest BCUT2D eigenvalue weighted by molar-refractivity contribution is 0.0817. The Morgan fingerprint density at radius 1 is 1.19 bits per heavy atom. The van der Waals surface area contributed by atoms with E-state index in [-0.39, 0.29) is 5.91 Å². The van der Waals surface area contributed by atoms with Crippen LogP contribution in [0.2, 0.25) is 0 Å². The Labute approximate surface area is 152 Å². The van der Waals surface area contributed by atoms with E-state index in [1.165, 1.54) is 0 Å². The van der Waals surface area contributed by atoms with Gasteiger partial charge in [0.25, 0.3) is 5.91 Å². The topological polar surface area (TPSA) is 68.5 Å². The summed E-state index contributed by atoms with van der Waals surface area (Å²) >= 11 is 0. The van der Waals surface area contributed by atoms with E-state index in [0.717, 1.165) is 49.9 Å². The molecular formula is C21H21N3O2. The van der Waals surface area contributed by atoms with Crippen molar-refractivity contribution >= 4 is 22.5 Å². The minimum atomic E-state index is 0.0360. The number of fused-ring (bicyclic) bond motifs is 3. The number of methoxy groups -OCH3 is 1. The standard InChI is InChI=1S/C21H21N3O2/c1-11-5-6-17(26-4)12(2)19(11)15-7-13-9-23-18(22)8-14(13)16-10-24(3)21(25)20(15)16/h5-9H,10H2,1-4H3,(H2,22,23). The smallest absolute Gasteiger partial charge is 0.254 e. The summed E-state index contributed by atoms with van der Waals surface area (Å²) in [6, 6.07) is 7.90. The fourth-order valence-electron chi connectivity index (χ4n) is 3.95. The summed E-state index contributed by atoms with van der Waals surface area (Å²) in [5.74, 6) is 1.31. The monoisotopic (exact) mass is 347 g/mol. The lowest BCUT2D eigenvalue weighted by Crippen LogP contribution is -2.18. The van der Waals surface area contributed by atoms with Gasteiger partial charge in [0.05, 0.1) is 12.7 Å². The Morgan fingerprint density at radius 2 is 1.96 bits per heavy atom. The molecule has 0 atom stereocenters. The highest BCUT2D eigenvalue weighted by Gasteiger charge is 2.31. The third-order valence-corrected chi connectivity index (χ3v) is 5.22. The molecule has 1 aliphatic rings. The zero-order valence-electron chi connectivity index (χ0n) is 15.4. The maximum Gasteiger partial charge on any atom is 0.254 e. The fourth-order valence-corrected chi connectivity index (χ4v) is 3.95. The molecule has 26 heavy (non-hydrogen) atoms. The second kappa shape index (κ2) is 5.73. The molecule has 0 fully saturated rings. The molecule has 0 saturated heterocycles. The fraction of sp³-hybridized carbons (Fsp3) is 0.238. The van der Waals surface area contributed by atoms with Gasteiger partial charge in [-0.2, -0.15) is 0 Å². The number of benzene rings is 2. The maximum atomic E-state index is 12.9. The van der Waals surface area contributed by atoms with Gasteiger partial charge in [-0.3, -0.25) is 4.79 Å². The Kier molecular flexibility index (Phi) is 3.61. The molecule has 2 heterocycles. The minimum Gasteiger partial charge on any atom is -0.496 e. The summed E-state index contributed by atoms with van der Waals surface area (Å²) in [7, 11) is 3.49. The van der Waals surface area contributed by atoms with E-state index in [1.807, 2.05) is 38.2 Å². The van der Waals surface area contributed by atoms with Crippen LogP contribution in [0.15, 0.2) is 30.5 Å². The molecule has 0 spiro atoms. The summed E-state index contributed by atoms with van der Waals surface area (Å²) < 4.78 is 5.51. The minimum absolute atomic E-state index is 0.0360. The number of nitrogens with zero attached hydrogens (tertiary/aromatic N) is 2. The molecule has 0 bridgehead atoms. The molecule has 2 aromatic carbocycles. The van der Waals surface area contributed by atoms with Gasteiger partial charge in [0.2, 0.25) is 0 Å². The average Bonchev–Trinajstić information content (AvgIpc) is 2.91. The zero-order valence-corrected chi connectivity index (χ0v) is 15.4. The quantitative estimate of drug-likeness (QED) is 0.767. The molecular weight excluding hydrogens is 326 g/mol. The van der Waals surface area contributed by atoms with Crippen LogP contribution in [0, 0.1) is 13.8 Å². The Morgan fingerprint density at radius 3 is 2.69 bits per heavy atom.